The van der Waals surface area contributed by atoms with Crippen molar-refractivity contribution in [2.24, 2.45) is 0 Å². The molecule has 7 nitrogen and oxygen atoms in total. The van der Waals surface area contributed by atoms with Gasteiger partial charge in [-0.15, -0.1) is 0 Å². The number of unbranched alkanes of at least 4 members (excludes halogenated alkanes) is 1. The maximum atomic E-state index is 12.1. The second-order valence-electron chi connectivity index (χ2n) is 4.72. The van der Waals surface area contributed by atoms with Crippen LogP contribution in [0.15, 0.2) is 21.8 Å². The fourth-order valence-corrected chi connectivity index (χ4v) is 2.33. The lowest BCUT2D eigenvalue weighted by molar-refractivity contribution is 0.541. The maximum absolute atomic E-state index is 12.1. The van der Waals surface area contributed by atoms with Gasteiger partial charge in [-0.2, -0.15) is 10.2 Å². The Balaban J connectivity index is 1.88. The molecular weight excluding hydrogens is 336 g/mol. The standard InChI is InChI=1S/C13H19BrN6O/c1-2-3-7-20-13(21)12(14)10(8-18-20)15-6-4-5-11-16-9-17-19-11/h8-9,15H,2-7H2,1H3,(H,16,17,19). The summed E-state index contributed by atoms with van der Waals surface area (Å²) < 4.78 is 2.03. The molecule has 21 heavy (non-hydrogen) atoms. The van der Waals surface area contributed by atoms with Crippen molar-refractivity contribution in [2.75, 3.05) is 11.9 Å². The first kappa shape index (κ1) is 15.7. The molecule has 2 aromatic rings. The Labute approximate surface area is 131 Å². The van der Waals surface area contributed by atoms with E-state index >= 15 is 0 Å². The van der Waals surface area contributed by atoms with Gasteiger partial charge in [0.2, 0.25) is 0 Å². The van der Waals surface area contributed by atoms with Crippen LogP contribution in [-0.2, 0) is 13.0 Å². The van der Waals surface area contributed by atoms with Crippen molar-refractivity contribution in [3.8, 4) is 0 Å². The zero-order chi connectivity index (χ0) is 15.1. The number of aromatic amines is 1. The maximum Gasteiger partial charge on any atom is 0.283 e. The molecule has 0 aliphatic carbocycles. The number of halogens is 1. The number of aromatic nitrogens is 5. The summed E-state index contributed by atoms with van der Waals surface area (Å²) in [4.78, 5) is 16.2. The van der Waals surface area contributed by atoms with Crippen LogP contribution in [0.4, 0.5) is 5.69 Å². The molecule has 0 atom stereocenters. The summed E-state index contributed by atoms with van der Waals surface area (Å²) in [6.07, 6.45) is 6.87. The molecule has 0 amide bonds. The molecule has 0 fully saturated rings. The average Bonchev–Trinajstić information content (AvgIpc) is 3.00. The van der Waals surface area contributed by atoms with Gasteiger partial charge in [0.1, 0.15) is 16.6 Å². The van der Waals surface area contributed by atoms with Crippen LogP contribution in [0.5, 0.6) is 0 Å². The van der Waals surface area contributed by atoms with Gasteiger partial charge in [0.05, 0.1) is 11.9 Å². The molecule has 2 N–H and O–H groups in total. The molecule has 0 saturated heterocycles. The van der Waals surface area contributed by atoms with E-state index in [0.29, 0.717) is 11.0 Å². The van der Waals surface area contributed by atoms with E-state index in [2.05, 4.69) is 48.5 Å². The highest BCUT2D eigenvalue weighted by molar-refractivity contribution is 9.10. The second-order valence-corrected chi connectivity index (χ2v) is 5.51. The fraction of sp³-hybridized carbons (Fsp3) is 0.538. The predicted molar refractivity (Wildman–Crippen MR) is 84.3 cm³/mol. The van der Waals surface area contributed by atoms with E-state index in [0.717, 1.165) is 43.7 Å². The van der Waals surface area contributed by atoms with E-state index < -0.39 is 0 Å². The molecule has 0 spiro atoms. The van der Waals surface area contributed by atoms with Gasteiger partial charge in [-0.3, -0.25) is 9.89 Å². The lowest BCUT2D eigenvalue weighted by Gasteiger charge is -2.10. The molecule has 0 aliphatic heterocycles. The number of aryl methyl sites for hydroxylation is 2. The first-order valence-electron chi connectivity index (χ1n) is 7.06. The third kappa shape index (κ3) is 4.38. The van der Waals surface area contributed by atoms with Gasteiger partial charge in [-0.05, 0) is 28.8 Å². The van der Waals surface area contributed by atoms with Gasteiger partial charge in [0.25, 0.3) is 5.56 Å². The molecule has 0 aliphatic rings. The molecule has 0 unspecified atom stereocenters. The van der Waals surface area contributed by atoms with Gasteiger partial charge in [-0.25, -0.2) is 9.67 Å². The zero-order valence-corrected chi connectivity index (χ0v) is 13.6. The van der Waals surface area contributed by atoms with E-state index in [9.17, 15) is 4.79 Å². The summed E-state index contributed by atoms with van der Waals surface area (Å²) in [5.74, 6) is 0.865. The highest BCUT2D eigenvalue weighted by atomic mass is 79.9. The topological polar surface area (TPSA) is 88.5 Å². The second kappa shape index (κ2) is 7.92. The molecular formula is C13H19BrN6O. The number of hydrogen-bond acceptors (Lipinski definition) is 5. The van der Waals surface area contributed by atoms with Crippen molar-refractivity contribution in [3.05, 3.63) is 33.2 Å². The molecule has 0 aromatic carbocycles. The Morgan fingerprint density at radius 1 is 1.43 bits per heavy atom. The Morgan fingerprint density at radius 2 is 2.29 bits per heavy atom. The summed E-state index contributed by atoms with van der Waals surface area (Å²) in [5, 5.41) is 14.0. The van der Waals surface area contributed by atoms with Crippen LogP contribution in [0.2, 0.25) is 0 Å². The SMILES string of the molecule is CCCCn1ncc(NCCCc2ncn[nH]2)c(Br)c1=O. The van der Waals surface area contributed by atoms with Gasteiger partial charge in [-0.1, -0.05) is 13.3 Å². The first-order chi connectivity index (χ1) is 10.2. The van der Waals surface area contributed by atoms with Crippen LogP contribution in [0.25, 0.3) is 0 Å². The van der Waals surface area contributed by atoms with Crippen LogP contribution < -0.4 is 10.9 Å². The van der Waals surface area contributed by atoms with Crippen molar-refractivity contribution in [1.29, 1.82) is 0 Å². The Kier molecular flexibility index (Phi) is 5.91. The van der Waals surface area contributed by atoms with Crippen molar-refractivity contribution >= 4 is 21.6 Å². The largest absolute Gasteiger partial charge is 0.383 e. The van der Waals surface area contributed by atoms with Crippen molar-refractivity contribution in [2.45, 2.75) is 39.2 Å². The number of H-pyrrole nitrogens is 1. The highest BCUT2D eigenvalue weighted by Crippen LogP contribution is 2.16. The van der Waals surface area contributed by atoms with E-state index in [1.807, 2.05) is 0 Å². The lowest BCUT2D eigenvalue weighted by Crippen LogP contribution is -2.24. The average molecular weight is 355 g/mol. The Hall–Kier alpha value is -1.70. The molecule has 114 valence electrons. The summed E-state index contributed by atoms with van der Waals surface area (Å²) in [5.41, 5.74) is 0.633. The van der Waals surface area contributed by atoms with E-state index in [-0.39, 0.29) is 5.56 Å². The van der Waals surface area contributed by atoms with Crippen LogP contribution in [0.3, 0.4) is 0 Å². The van der Waals surface area contributed by atoms with Gasteiger partial charge in [0, 0.05) is 19.5 Å². The van der Waals surface area contributed by atoms with E-state index in [1.54, 1.807) is 6.20 Å². The van der Waals surface area contributed by atoms with Crippen LogP contribution in [0, 0.1) is 0 Å². The fourth-order valence-electron chi connectivity index (χ4n) is 1.89. The van der Waals surface area contributed by atoms with Gasteiger partial charge >= 0.3 is 0 Å². The summed E-state index contributed by atoms with van der Waals surface area (Å²) >= 11 is 3.35. The van der Waals surface area contributed by atoms with Gasteiger partial charge < -0.3 is 5.32 Å². The minimum absolute atomic E-state index is 0.0938. The molecule has 2 rings (SSSR count). The van der Waals surface area contributed by atoms with Crippen LogP contribution in [-0.4, -0.2) is 31.5 Å². The minimum Gasteiger partial charge on any atom is -0.383 e. The quantitative estimate of drug-likeness (QED) is 0.707. The van der Waals surface area contributed by atoms with Crippen LogP contribution in [0.1, 0.15) is 32.0 Å². The third-order valence-corrected chi connectivity index (χ3v) is 3.85. The molecule has 0 radical (unpaired) electrons. The normalized spacial score (nSPS) is 10.8. The van der Waals surface area contributed by atoms with Crippen molar-refractivity contribution < 1.29 is 0 Å². The van der Waals surface area contributed by atoms with Gasteiger partial charge in [0.15, 0.2) is 0 Å². The van der Waals surface area contributed by atoms with E-state index in [4.69, 9.17) is 0 Å². The number of hydrogen-bond donors (Lipinski definition) is 2. The van der Waals surface area contributed by atoms with Crippen molar-refractivity contribution in [1.82, 2.24) is 25.0 Å². The summed E-state index contributed by atoms with van der Waals surface area (Å²) in [6.45, 7) is 3.48. The van der Waals surface area contributed by atoms with E-state index in [1.165, 1.54) is 11.0 Å². The number of anilines is 1. The molecule has 2 aromatic heterocycles. The molecule has 0 bridgehead atoms. The van der Waals surface area contributed by atoms with Crippen molar-refractivity contribution in [3.63, 3.8) is 0 Å². The smallest absolute Gasteiger partial charge is 0.283 e. The number of nitrogens with zero attached hydrogens (tertiary/aromatic N) is 4. The minimum atomic E-state index is -0.0938. The number of nitrogens with one attached hydrogen (secondary N) is 2. The summed E-state index contributed by atoms with van der Waals surface area (Å²) in [6, 6.07) is 0. The van der Waals surface area contributed by atoms with Crippen LogP contribution >= 0.6 is 15.9 Å². The monoisotopic (exact) mass is 354 g/mol. The number of rotatable bonds is 8. The lowest BCUT2D eigenvalue weighted by atomic mass is 10.3. The summed E-state index contributed by atoms with van der Waals surface area (Å²) in [7, 11) is 0. The molecule has 0 saturated carbocycles. The zero-order valence-electron chi connectivity index (χ0n) is 12.0. The third-order valence-electron chi connectivity index (χ3n) is 3.08. The Morgan fingerprint density at radius 3 is 3.00 bits per heavy atom. The highest BCUT2D eigenvalue weighted by Gasteiger charge is 2.08. The molecule has 2 heterocycles. The Bertz CT molecular complexity index is 610. The molecule has 8 heteroatoms. The first-order valence-corrected chi connectivity index (χ1v) is 7.85. The predicted octanol–water partition coefficient (Wildman–Crippen LogP) is 1.97.